The Bertz CT molecular complexity index is 1450. The maximum atomic E-state index is 12.8. The molecule has 3 N–H and O–H groups in total. The molecular weight excluding hydrogens is 512 g/mol. The molecule has 0 radical (unpaired) electrons. The van der Waals surface area contributed by atoms with Crippen molar-refractivity contribution in [2.75, 3.05) is 57.7 Å². The van der Waals surface area contributed by atoms with Gasteiger partial charge in [-0.1, -0.05) is 18.9 Å². The summed E-state index contributed by atoms with van der Waals surface area (Å²) < 4.78 is 0. The largest absolute Gasteiger partial charge is 0.384 e. The molecule has 1 aromatic carbocycles. The van der Waals surface area contributed by atoms with Crippen LogP contribution in [0.1, 0.15) is 62.0 Å². The summed E-state index contributed by atoms with van der Waals surface area (Å²) in [7, 11) is 0. The second-order valence-corrected chi connectivity index (χ2v) is 11.5. The van der Waals surface area contributed by atoms with Crippen LogP contribution in [-0.2, 0) is 0 Å². The van der Waals surface area contributed by atoms with E-state index in [1.54, 1.807) is 6.20 Å². The van der Waals surface area contributed by atoms with E-state index in [4.69, 9.17) is 4.98 Å². The van der Waals surface area contributed by atoms with Crippen LogP contribution in [0.2, 0.25) is 0 Å². The van der Waals surface area contributed by atoms with E-state index in [-0.39, 0.29) is 5.91 Å². The highest BCUT2D eigenvalue weighted by atomic mass is 16.2. The van der Waals surface area contributed by atoms with E-state index in [9.17, 15) is 4.79 Å². The predicted octanol–water partition coefficient (Wildman–Crippen LogP) is 5.07. The Morgan fingerprint density at radius 1 is 0.829 bits per heavy atom. The van der Waals surface area contributed by atoms with E-state index >= 15 is 0 Å². The summed E-state index contributed by atoms with van der Waals surface area (Å²) in [6.07, 6.45) is 13.6. The van der Waals surface area contributed by atoms with E-state index in [1.807, 2.05) is 30.5 Å². The van der Waals surface area contributed by atoms with Crippen LogP contribution in [0.5, 0.6) is 0 Å². The monoisotopic (exact) mass is 554 g/mol. The van der Waals surface area contributed by atoms with Crippen LogP contribution in [0.15, 0.2) is 42.7 Å². The minimum Gasteiger partial charge on any atom is -0.384 e. The number of H-pyrrole nitrogens is 1. The molecule has 5 heterocycles. The maximum absolute atomic E-state index is 12.8. The molecule has 0 unspecified atom stereocenters. The lowest BCUT2D eigenvalue weighted by molar-refractivity contribution is 0.0942. The van der Waals surface area contributed by atoms with Gasteiger partial charge in [-0.15, -0.1) is 0 Å². The normalized spacial score (nSPS) is 16.8. The first-order chi connectivity index (χ1) is 20.2. The van der Waals surface area contributed by atoms with E-state index in [0.717, 1.165) is 71.4 Å². The maximum Gasteiger partial charge on any atom is 0.287 e. The number of likely N-dealkylation sites (tertiary alicyclic amines) is 2. The SMILES string of the molecule is O=C(NCCCN1CCCCC1)c1nc2ccc(-c3cc(NCCCN4CCCCC4)c4cnccc4n3)cc2[nH]1. The molecule has 6 rings (SSSR count). The number of hydrogen-bond acceptors (Lipinski definition) is 7. The molecule has 41 heavy (non-hydrogen) atoms. The molecule has 9 nitrogen and oxygen atoms in total. The van der Waals surface area contributed by atoms with Crippen molar-refractivity contribution in [2.45, 2.75) is 51.4 Å². The third-order valence-electron chi connectivity index (χ3n) is 8.40. The Labute approximate surface area is 242 Å². The molecule has 0 aliphatic carbocycles. The van der Waals surface area contributed by atoms with Crippen LogP contribution in [0.4, 0.5) is 5.69 Å². The predicted molar refractivity (Wildman–Crippen MR) is 165 cm³/mol. The van der Waals surface area contributed by atoms with Gasteiger partial charge in [-0.2, -0.15) is 0 Å². The molecular formula is C32H42N8O. The number of carbonyl (C=O) groups is 1. The zero-order valence-corrected chi connectivity index (χ0v) is 24.0. The third kappa shape index (κ3) is 7.02. The topological polar surface area (TPSA) is 102 Å². The van der Waals surface area contributed by atoms with Crippen LogP contribution < -0.4 is 10.6 Å². The van der Waals surface area contributed by atoms with E-state index < -0.39 is 0 Å². The smallest absolute Gasteiger partial charge is 0.287 e. The summed E-state index contributed by atoms with van der Waals surface area (Å²) in [4.78, 5) is 34.9. The number of rotatable bonds is 11. The summed E-state index contributed by atoms with van der Waals surface area (Å²) in [5.41, 5.74) is 5.41. The third-order valence-corrected chi connectivity index (χ3v) is 8.40. The van der Waals surface area contributed by atoms with Crippen molar-refractivity contribution in [1.82, 2.24) is 35.1 Å². The minimum absolute atomic E-state index is 0.159. The molecule has 0 atom stereocenters. The summed E-state index contributed by atoms with van der Waals surface area (Å²) in [6, 6.07) is 10.1. The lowest BCUT2D eigenvalue weighted by Gasteiger charge is -2.26. The van der Waals surface area contributed by atoms with E-state index in [1.165, 1.54) is 64.7 Å². The lowest BCUT2D eigenvalue weighted by atomic mass is 10.1. The number of carbonyl (C=O) groups excluding carboxylic acids is 1. The average Bonchev–Trinajstić information content (AvgIpc) is 3.46. The first kappa shape index (κ1) is 27.6. The van der Waals surface area contributed by atoms with Gasteiger partial charge in [0.2, 0.25) is 0 Å². The summed E-state index contributed by atoms with van der Waals surface area (Å²) in [5.74, 6) is 0.192. The average molecular weight is 555 g/mol. The van der Waals surface area contributed by atoms with Crippen LogP contribution in [0.25, 0.3) is 33.2 Å². The quantitative estimate of drug-likeness (QED) is 0.223. The number of aromatic nitrogens is 4. The van der Waals surface area contributed by atoms with Crippen molar-refractivity contribution in [3.8, 4) is 11.3 Å². The molecule has 0 spiro atoms. The number of pyridine rings is 2. The Balaban J connectivity index is 1.11. The Kier molecular flexibility index (Phi) is 9.02. The first-order valence-corrected chi connectivity index (χ1v) is 15.4. The molecule has 0 saturated carbocycles. The van der Waals surface area contributed by atoms with Gasteiger partial charge in [0.25, 0.3) is 5.91 Å². The molecule has 216 valence electrons. The molecule has 2 aliphatic heterocycles. The number of benzene rings is 1. The molecule has 2 saturated heterocycles. The Morgan fingerprint density at radius 2 is 1.56 bits per heavy atom. The molecule has 4 aromatic rings. The molecule has 3 aromatic heterocycles. The van der Waals surface area contributed by atoms with Crippen molar-refractivity contribution in [3.05, 3.63) is 48.5 Å². The summed E-state index contributed by atoms with van der Waals surface area (Å²) in [6.45, 7) is 8.54. The summed E-state index contributed by atoms with van der Waals surface area (Å²) >= 11 is 0. The summed E-state index contributed by atoms with van der Waals surface area (Å²) in [5, 5.41) is 7.71. The fourth-order valence-electron chi connectivity index (χ4n) is 6.12. The van der Waals surface area contributed by atoms with Gasteiger partial charge >= 0.3 is 0 Å². The van der Waals surface area contributed by atoms with Gasteiger partial charge in [0.15, 0.2) is 5.82 Å². The number of anilines is 1. The lowest BCUT2D eigenvalue weighted by Crippen LogP contribution is -2.33. The van der Waals surface area contributed by atoms with Crippen LogP contribution in [0, 0.1) is 0 Å². The molecule has 2 aliphatic rings. The number of hydrogen-bond donors (Lipinski definition) is 3. The Morgan fingerprint density at radius 3 is 2.32 bits per heavy atom. The highest BCUT2D eigenvalue weighted by Crippen LogP contribution is 2.29. The van der Waals surface area contributed by atoms with Crippen molar-refractivity contribution in [2.24, 2.45) is 0 Å². The zero-order valence-electron chi connectivity index (χ0n) is 24.0. The van der Waals surface area contributed by atoms with Crippen molar-refractivity contribution in [1.29, 1.82) is 0 Å². The van der Waals surface area contributed by atoms with Gasteiger partial charge in [-0.05, 0) is 102 Å². The van der Waals surface area contributed by atoms with E-state index in [2.05, 4.69) is 41.5 Å². The van der Waals surface area contributed by atoms with Gasteiger partial charge < -0.3 is 25.4 Å². The number of piperidine rings is 2. The minimum atomic E-state index is -0.159. The fourth-order valence-corrected chi connectivity index (χ4v) is 6.12. The van der Waals surface area contributed by atoms with Crippen molar-refractivity contribution < 1.29 is 4.79 Å². The second kappa shape index (κ2) is 13.4. The number of nitrogens with one attached hydrogen (secondary N) is 3. The number of nitrogens with zero attached hydrogens (tertiary/aromatic N) is 5. The standard InChI is InChI=1S/C32H42N8O/c41-32(35-13-8-20-40-17-5-2-6-18-40)31-37-27-10-9-24(21-30(27)38-31)28-22-29(25-23-33-14-11-26(25)36-28)34-12-7-19-39-15-3-1-4-16-39/h9-11,14,21-23H,1-8,12-13,15-20H2,(H,34,36)(H,35,41)(H,37,38). The Hall–Kier alpha value is -3.56. The number of amides is 1. The van der Waals surface area contributed by atoms with Crippen LogP contribution in [0.3, 0.4) is 0 Å². The van der Waals surface area contributed by atoms with Crippen molar-refractivity contribution in [3.63, 3.8) is 0 Å². The van der Waals surface area contributed by atoms with Crippen molar-refractivity contribution >= 4 is 33.5 Å². The van der Waals surface area contributed by atoms with Gasteiger partial charge in [-0.3, -0.25) is 9.78 Å². The second-order valence-electron chi connectivity index (χ2n) is 11.5. The zero-order chi connectivity index (χ0) is 27.9. The number of aromatic amines is 1. The molecule has 2 fully saturated rings. The number of imidazole rings is 1. The molecule has 0 bridgehead atoms. The number of fused-ring (bicyclic) bond motifs is 2. The van der Waals surface area contributed by atoms with Gasteiger partial charge in [0.05, 0.1) is 22.2 Å². The van der Waals surface area contributed by atoms with Gasteiger partial charge in [0, 0.05) is 42.1 Å². The van der Waals surface area contributed by atoms with Crippen LogP contribution >= 0.6 is 0 Å². The highest BCUT2D eigenvalue weighted by Gasteiger charge is 2.15. The molecule has 1 amide bonds. The van der Waals surface area contributed by atoms with Gasteiger partial charge in [0.1, 0.15) is 0 Å². The van der Waals surface area contributed by atoms with Gasteiger partial charge in [-0.25, -0.2) is 9.97 Å². The van der Waals surface area contributed by atoms with Crippen LogP contribution in [-0.4, -0.2) is 88.0 Å². The van der Waals surface area contributed by atoms with E-state index in [0.29, 0.717) is 12.4 Å². The molecule has 9 heteroatoms. The first-order valence-electron chi connectivity index (χ1n) is 15.4. The fraction of sp³-hybridized carbons (Fsp3) is 0.500. The highest BCUT2D eigenvalue weighted by molar-refractivity contribution is 5.96.